The van der Waals surface area contributed by atoms with Crippen LogP contribution in [0.15, 0.2) is 71.6 Å². The van der Waals surface area contributed by atoms with Crippen molar-refractivity contribution < 1.29 is 22.7 Å². The minimum atomic E-state index is -3.68. The molecule has 1 heterocycles. The quantitative estimate of drug-likeness (QED) is 0.407. The third-order valence-corrected chi connectivity index (χ3v) is 8.60. The van der Waals surface area contributed by atoms with Crippen molar-refractivity contribution in [1.82, 2.24) is 4.31 Å². The summed E-state index contributed by atoms with van der Waals surface area (Å²) in [4.78, 5) is 26.4. The van der Waals surface area contributed by atoms with Crippen LogP contribution in [0, 0.1) is 5.92 Å². The van der Waals surface area contributed by atoms with Crippen molar-refractivity contribution in [2.45, 2.75) is 17.7 Å². The van der Waals surface area contributed by atoms with E-state index in [1.165, 1.54) is 29.6 Å². The number of anilines is 1. The first-order chi connectivity index (χ1) is 17.2. The highest BCUT2D eigenvalue weighted by Gasteiger charge is 2.32. The second-order valence-corrected chi connectivity index (χ2v) is 11.1. The zero-order valence-corrected chi connectivity index (χ0v) is 21.7. The number of piperidine rings is 1. The average molecular weight is 547 g/mol. The molecule has 1 saturated heterocycles. The van der Waals surface area contributed by atoms with Crippen LogP contribution < -0.4 is 10.1 Å². The molecular weight excluding hydrogens is 523 g/mol. The fraction of sp³-hybridized carbons (Fsp3) is 0.231. The maximum atomic E-state index is 13.2. The van der Waals surface area contributed by atoms with Gasteiger partial charge in [-0.1, -0.05) is 35.3 Å². The Morgan fingerprint density at radius 1 is 0.944 bits per heavy atom. The van der Waals surface area contributed by atoms with Gasteiger partial charge in [-0.2, -0.15) is 4.31 Å². The fourth-order valence-corrected chi connectivity index (χ4v) is 5.96. The van der Waals surface area contributed by atoms with Crippen molar-refractivity contribution >= 4 is 50.6 Å². The lowest BCUT2D eigenvalue weighted by molar-refractivity contribution is -0.120. The van der Waals surface area contributed by atoms with E-state index in [9.17, 15) is 18.0 Å². The van der Waals surface area contributed by atoms with E-state index in [1.54, 1.807) is 48.5 Å². The minimum Gasteiger partial charge on any atom is -0.497 e. The largest absolute Gasteiger partial charge is 0.497 e. The topological polar surface area (TPSA) is 92.8 Å². The van der Waals surface area contributed by atoms with Gasteiger partial charge < -0.3 is 10.1 Å². The molecule has 0 atom stereocenters. The first kappa shape index (κ1) is 26.2. The standard InChI is InChI=1S/C26H24Cl2N2O5S/c1-35-19-7-9-20(10-8-19)36(33,34)30-14-12-17(13-15-30)26(32)29-24-11-6-18(27)16-22(24)25(31)21-4-2-3-5-23(21)28/h2-11,16-17H,12-15H2,1H3,(H,29,32). The Morgan fingerprint density at radius 2 is 1.61 bits per heavy atom. The number of rotatable bonds is 7. The molecule has 1 aliphatic heterocycles. The summed E-state index contributed by atoms with van der Waals surface area (Å²) < 4.78 is 32.5. The number of nitrogens with one attached hydrogen (secondary N) is 1. The molecule has 36 heavy (non-hydrogen) atoms. The first-order valence-electron chi connectivity index (χ1n) is 11.2. The number of ether oxygens (including phenoxy) is 1. The van der Waals surface area contributed by atoms with Gasteiger partial charge in [0.15, 0.2) is 5.78 Å². The van der Waals surface area contributed by atoms with Gasteiger partial charge in [-0.15, -0.1) is 0 Å². The number of hydrogen-bond donors (Lipinski definition) is 1. The van der Waals surface area contributed by atoms with E-state index in [2.05, 4.69) is 5.32 Å². The van der Waals surface area contributed by atoms with E-state index in [-0.39, 0.29) is 35.2 Å². The van der Waals surface area contributed by atoms with Gasteiger partial charge in [0.25, 0.3) is 0 Å². The van der Waals surface area contributed by atoms with Crippen molar-refractivity contribution in [3.8, 4) is 5.75 Å². The summed E-state index contributed by atoms with van der Waals surface area (Å²) in [5.74, 6) is -0.490. The van der Waals surface area contributed by atoms with E-state index >= 15 is 0 Å². The summed E-state index contributed by atoms with van der Waals surface area (Å²) in [5, 5.41) is 3.48. The number of sulfonamides is 1. The fourth-order valence-electron chi connectivity index (χ4n) is 4.09. The molecule has 1 aliphatic rings. The molecule has 0 radical (unpaired) electrons. The monoisotopic (exact) mass is 546 g/mol. The number of halogens is 2. The molecule has 3 aromatic carbocycles. The Labute approximate surface area is 220 Å². The van der Waals surface area contributed by atoms with Gasteiger partial charge in [-0.25, -0.2) is 8.42 Å². The van der Waals surface area contributed by atoms with Crippen LogP contribution in [0.4, 0.5) is 5.69 Å². The molecular formula is C26H24Cl2N2O5S. The highest BCUT2D eigenvalue weighted by Crippen LogP contribution is 2.29. The summed E-state index contributed by atoms with van der Waals surface area (Å²) in [6.45, 7) is 0.414. The number of ketones is 1. The van der Waals surface area contributed by atoms with Gasteiger partial charge >= 0.3 is 0 Å². The van der Waals surface area contributed by atoms with Crippen molar-refractivity contribution in [3.63, 3.8) is 0 Å². The van der Waals surface area contributed by atoms with E-state index in [1.807, 2.05) is 0 Å². The Kier molecular flexibility index (Phi) is 8.00. The third kappa shape index (κ3) is 5.57. The van der Waals surface area contributed by atoms with E-state index in [0.717, 1.165) is 0 Å². The van der Waals surface area contributed by atoms with Crippen molar-refractivity contribution in [1.29, 1.82) is 0 Å². The molecule has 0 aliphatic carbocycles. The molecule has 1 N–H and O–H groups in total. The second-order valence-electron chi connectivity index (χ2n) is 8.34. The number of hydrogen-bond acceptors (Lipinski definition) is 5. The van der Waals surface area contributed by atoms with Gasteiger partial charge in [0.2, 0.25) is 15.9 Å². The molecule has 0 saturated carbocycles. The van der Waals surface area contributed by atoms with Crippen LogP contribution >= 0.6 is 23.2 Å². The van der Waals surface area contributed by atoms with Gasteiger partial charge in [0.1, 0.15) is 5.75 Å². The van der Waals surface area contributed by atoms with Crippen molar-refractivity contribution in [2.75, 3.05) is 25.5 Å². The molecule has 1 fully saturated rings. The summed E-state index contributed by atoms with van der Waals surface area (Å²) in [7, 11) is -2.17. The predicted octanol–water partition coefficient (Wildman–Crippen LogP) is 5.27. The number of methoxy groups -OCH3 is 1. The number of carbonyl (C=O) groups is 2. The molecule has 4 rings (SSSR count). The Balaban J connectivity index is 1.45. The van der Waals surface area contributed by atoms with E-state index in [0.29, 0.717) is 39.9 Å². The number of nitrogens with zero attached hydrogens (tertiary/aromatic N) is 1. The maximum Gasteiger partial charge on any atom is 0.243 e. The van der Waals surface area contributed by atoms with Crippen molar-refractivity contribution in [3.05, 3.63) is 87.9 Å². The van der Waals surface area contributed by atoms with Crippen LogP contribution in [-0.4, -0.2) is 44.6 Å². The van der Waals surface area contributed by atoms with Crippen LogP contribution in [0.2, 0.25) is 10.0 Å². The number of benzene rings is 3. The van der Waals surface area contributed by atoms with Crippen LogP contribution in [0.1, 0.15) is 28.8 Å². The predicted molar refractivity (Wildman–Crippen MR) is 139 cm³/mol. The molecule has 0 bridgehead atoms. The minimum absolute atomic E-state index is 0.176. The van der Waals surface area contributed by atoms with Crippen LogP contribution in [0.25, 0.3) is 0 Å². The second kappa shape index (κ2) is 11.0. The molecule has 0 spiro atoms. The van der Waals surface area contributed by atoms with Gasteiger partial charge in [-0.05, 0) is 67.4 Å². The highest BCUT2D eigenvalue weighted by atomic mass is 35.5. The maximum absolute atomic E-state index is 13.2. The smallest absolute Gasteiger partial charge is 0.243 e. The molecule has 0 unspecified atom stereocenters. The van der Waals surface area contributed by atoms with Crippen LogP contribution in [-0.2, 0) is 14.8 Å². The Hall–Kier alpha value is -2.91. The van der Waals surface area contributed by atoms with Gasteiger partial charge in [0.05, 0.1) is 22.7 Å². The zero-order chi connectivity index (χ0) is 25.9. The highest BCUT2D eigenvalue weighted by molar-refractivity contribution is 7.89. The summed E-state index contributed by atoms with van der Waals surface area (Å²) in [6, 6.07) is 17.5. The Morgan fingerprint density at radius 3 is 2.25 bits per heavy atom. The first-order valence-corrected chi connectivity index (χ1v) is 13.4. The number of carbonyl (C=O) groups excluding carboxylic acids is 2. The lowest BCUT2D eigenvalue weighted by Gasteiger charge is -2.30. The molecule has 188 valence electrons. The lowest BCUT2D eigenvalue weighted by atomic mass is 9.96. The van der Waals surface area contributed by atoms with Gasteiger partial charge in [-0.3, -0.25) is 9.59 Å². The summed E-state index contributed by atoms with van der Waals surface area (Å²) >= 11 is 12.3. The van der Waals surface area contributed by atoms with Gasteiger partial charge in [0, 0.05) is 35.2 Å². The molecule has 10 heteroatoms. The van der Waals surface area contributed by atoms with Crippen molar-refractivity contribution in [2.24, 2.45) is 5.92 Å². The van der Waals surface area contributed by atoms with E-state index < -0.39 is 15.9 Å². The van der Waals surface area contributed by atoms with E-state index in [4.69, 9.17) is 27.9 Å². The molecule has 1 amide bonds. The summed E-state index contributed by atoms with van der Waals surface area (Å²) in [6.07, 6.45) is 0.700. The Bertz CT molecular complexity index is 1390. The molecule has 7 nitrogen and oxygen atoms in total. The molecule has 0 aromatic heterocycles. The third-order valence-electron chi connectivity index (χ3n) is 6.12. The van der Waals surface area contributed by atoms with Crippen LogP contribution in [0.5, 0.6) is 5.75 Å². The molecule has 3 aromatic rings. The number of amides is 1. The van der Waals surface area contributed by atoms with Crippen LogP contribution in [0.3, 0.4) is 0 Å². The SMILES string of the molecule is COc1ccc(S(=O)(=O)N2CCC(C(=O)Nc3ccc(Cl)cc3C(=O)c3ccccc3Cl)CC2)cc1. The lowest BCUT2D eigenvalue weighted by Crippen LogP contribution is -2.41. The zero-order valence-electron chi connectivity index (χ0n) is 19.4. The average Bonchev–Trinajstić information content (AvgIpc) is 2.89. The summed E-state index contributed by atoms with van der Waals surface area (Å²) in [5.41, 5.74) is 0.847. The normalized spacial score (nSPS) is 14.9.